The molecule has 34 heavy (non-hydrogen) atoms. The van der Waals surface area contributed by atoms with Gasteiger partial charge >= 0.3 is 12.6 Å². The van der Waals surface area contributed by atoms with Crippen LogP contribution in [0.1, 0.15) is 6.42 Å². The van der Waals surface area contributed by atoms with Gasteiger partial charge in [-0.2, -0.15) is 19.0 Å². The van der Waals surface area contributed by atoms with Crippen molar-refractivity contribution in [2.45, 2.75) is 25.6 Å². The average molecular weight is 492 g/mol. The van der Waals surface area contributed by atoms with Crippen LogP contribution in [0.5, 0.6) is 5.75 Å². The number of benzene rings is 1. The molecule has 1 aromatic carbocycles. The predicted octanol–water partition coefficient (Wildman–Crippen LogP) is 3.48. The highest BCUT2D eigenvalue weighted by molar-refractivity contribution is 6.31. The summed E-state index contributed by atoms with van der Waals surface area (Å²) in [4.78, 5) is 15.9. The lowest BCUT2D eigenvalue weighted by atomic mass is 10.1. The van der Waals surface area contributed by atoms with Gasteiger partial charge in [0.15, 0.2) is 5.65 Å². The van der Waals surface area contributed by atoms with Crippen LogP contribution in [0.3, 0.4) is 0 Å². The molecule has 4 aromatic rings. The smallest absolute Gasteiger partial charge is 0.387 e. The third-order valence-electron chi connectivity index (χ3n) is 4.90. The van der Waals surface area contributed by atoms with Crippen molar-refractivity contribution in [3.05, 3.63) is 54.1 Å². The zero-order valence-electron chi connectivity index (χ0n) is 17.9. The van der Waals surface area contributed by atoms with Crippen molar-refractivity contribution in [3.8, 4) is 17.0 Å². The molecule has 1 atom stereocenters. The highest BCUT2D eigenvalue weighted by Gasteiger charge is 2.21. The number of methoxy groups -OCH3 is 1. The number of aryl methyl sites for hydroxylation is 1. The topological polar surface area (TPSA) is 122 Å². The number of hydrogen-bond acceptors (Lipinski definition) is 8. The number of nitrogens with two attached hydrogens (primary N) is 1. The largest absolute Gasteiger partial charge is 0.468 e. The number of anilines is 2. The van der Waals surface area contributed by atoms with E-state index in [9.17, 15) is 13.6 Å². The average Bonchev–Trinajstić information content (AvgIpc) is 3.42. The second-order valence-corrected chi connectivity index (χ2v) is 7.60. The molecular weight excluding hydrogens is 472 g/mol. The van der Waals surface area contributed by atoms with Crippen molar-refractivity contribution in [3.63, 3.8) is 0 Å². The van der Waals surface area contributed by atoms with Crippen molar-refractivity contribution in [1.82, 2.24) is 24.4 Å². The van der Waals surface area contributed by atoms with Gasteiger partial charge in [-0.05, 0) is 30.7 Å². The van der Waals surface area contributed by atoms with E-state index in [-0.39, 0.29) is 24.3 Å². The SMILES string of the molecule is COC(=O)[C@@H](N)CCn1cc(Nc2cnn3cccnc23)c(-c2cc(Cl)ccc2OC(F)F)n1. The van der Waals surface area contributed by atoms with Crippen LogP contribution in [0.25, 0.3) is 16.9 Å². The summed E-state index contributed by atoms with van der Waals surface area (Å²) < 4.78 is 38.5. The predicted molar refractivity (Wildman–Crippen MR) is 120 cm³/mol. The maximum Gasteiger partial charge on any atom is 0.387 e. The third kappa shape index (κ3) is 5.07. The number of ether oxygens (including phenoxy) is 2. The Morgan fingerprint density at radius 1 is 1.32 bits per heavy atom. The molecule has 0 fully saturated rings. The summed E-state index contributed by atoms with van der Waals surface area (Å²) in [6.45, 7) is -2.79. The molecule has 0 unspecified atom stereocenters. The lowest BCUT2D eigenvalue weighted by Gasteiger charge is -2.11. The summed E-state index contributed by atoms with van der Waals surface area (Å²) in [5.41, 5.74) is 7.93. The molecule has 3 N–H and O–H groups in total. The molecule has 0 bridgehead atoms. The highest BCUT2D eigenvalue weighted by atomic mass is 35.5. The Balaban J connectivity index is 1.74. The van der Waals surface area contributed by atoms with Gasteiger partial charge in [0.25, 0.3) is 0 Å². The van der Waals surface area contributed by atoms with Gasteiger partial charge in [0, 0.05) is 35.7 Å². The standard InChI is InChI=1S/C21H20ClF2N7O3/c1-33-20(32)14(25)5-8-30-11-16(28-15-10-27-31-7-2-6-26-19(15)31)18(29-30)13-9-12(22)3-4-17(13)34-21(23)24/h2-4,6-7,9-11,14,21,28H,5,8,25H2,1H3/t14-/m0/s1. The maximum atomic E-state index is 13.0. The Kier molecular flexibility index (Phi) is 6.89. The van der Waals surface area contributed by atoms with Gasteiger partial charge in [-0.3, -0.25) is 9.48 Å². The fourth-order valence-electron chi connectivity index (χ4n) is 3.31. The van der Waals surface area contributed by atoms with E-state index in [4.69, 9.17) is 17.3 Å². The third-order valence-corrected chi connectivity index (χ3v) is 5.13. The molecule has 0 radical (unpaired) electrons. The van der Waals surface area contributed by atoms with Crippen molar-refractivity contribution < 1.29 is 23.0 Å². The molecule has 0 amide bonds. The van der Waals surface area contributed by atoms with Crippen LogP contribution in [0.4, 0.5) is 20.2 Å². The Morgan fingerprint density at radius 2 is 2.15 bits per heavy atom. The van der Waals surface area contributed by atoms with Gasteiger partial charge in [0.05, 0.1) is 19.0 Å². The Bertz CT molecular complexity index is 1310. The van der Waals surface area contributed by atoms with Crippen LogP contribution in [-0.2, 0) is 16.1 Å². The molecule has 0 saturated heterocycles. The zero-order valence-corrected chi connectivity index (χ0v) is 18.6. The molecule has 10 nitrogen and oxygen atoms in total. The first-order valence-corrected chi connectivity index (χ1v) is 10.4. The minimum absolute atomic E-state index is 0.100. The van der Waals surface area contributed by atoms with Gasteiger partial charge in [-0.25, -0.2) is 9.50 Å². The molecular formula is C21H20ClF2N7O3. The molecule has 0 spiro atoms. The lowest BCUT2D eigenvalue weighted by molar-refractivity contribution is -0.142. The van der Waals surface area contributed by atoms with Crippen LogP contribution < -0.4 is 15.8 Å². The minimum Gasteiger partial charge on any atom is -0.468 e. The van der Waals surface area contributed by atoms with E-state index in [1.165, 1.54) is 30.0 Å². The summed E-state index contributed by atoms with van der Waals surface area (Å²) in [7, 11) is 1.25. The van der Waals surface area contributed by atoms with Crippen molar-refractivity contribution >= 4 is 34.6 Å². The highest BCUT2D eigenvalue weighted by Crippen LogP contribution is 2.38. The van der Waals surface area contributed by atoms with Crippen LogP contribution in [0.2, 0.25) is 5.02 Å². The lowest BCUT2D eigenvalue weighted by Crippen LogP contribution is -2.32. The number of hydrogen-bond donors (Lipinski definition) is 2. The van der Waals surface area contributed by atoms with E-state index in [2.05, 4.69) is 30.0 Å². The fourth-order valence-corrected chi connectivity index (χ4v) is 3.49. The number of nitrogens with zero attached hydrogens (tertiary/aromatic N) is 5. The van der Waals surface area contributed by atoms with Crippen LogP contribution in [0, 0.1) is 0 Å². The molecule has 178 valence electrons. The Hall–Kier alpha value is -3.77. The van der Waals surface area contributed by atoms with Crippen LogP contribution in [-0.4, -0.2) is 50.1 Å². The summed E-state index contributed by atoms with van der Waals surface area (Å²) in [5, 5.41) is 12.3. The molecule has 0 aliphatic rings. The number of fused-ring (bicyclic) bond motifs is 1. The van der Waals surface area contributed by atoms with E-state index in [1.54, 1.807) is 35.4 Å². The first kappa shape index (κ1) is 23.4. The number of nitrogens with one attached hydrogen (secondary N) is 1. The van der Waals surface area contributed by atoms with Crippen LogP contribution >= 0.6 is 11.6 Å². The quantitative estimate of drug-likeness (QED) is 0.341. The zero-order chi connectivity index (χ0) is 24.2. The monoisotopic (exact) mass is 491 g/mol. The van der Waals surface area contributed by atoms with E-state index >= 15 is 0 Å². The molecule has 13 heteroatoms. The molecule has 3 aromatic heterocycles. The first-order chi connectivity index (χ1) is 16.4. The Labute approximate surface area is 197 Å². The van der Waals surface area contributed by atoms with E-state index < -0.39 is 18.6 Å². The normalized spacial score (nSPS) is 12.2. The summed E-state index contributed by atoms with van der Waals surface area (Å²) in [6.07, 6.45) is 6.81. The fraction of sp³-hybridized carbons (Fsp3) is 0.238. The van der Waals surface area contributed by atoms with E-state index in [0.29, 0.717) is 27.7 Å². The molecule has 0 aliphatic carbocycles. The van der Waals surface area contributed by atoms with Crippen molar-refractivity contribution in [2.24, 2.45) is 5.73 Å². The maximum absolute atomic E-state index is 13.0. The van der Waals surface area contributed by atoms with Crippen LogP contribution in [0.15, 0.2) is 49.1 Å². The van der Waals surface area contributed by atoms with Gasteiger partial charge < -0.3 is 20.5 Å². The second-order valence-electron chi connectivity index (χ2n) is 7.16. The number of rotatable bonds is 9. The minimum atomic E-state index is -3.04. The molecule has 0 aliphatic heterocycles. The number of alkyl halides is 2. The molecule has 3 heterocycles. The number of aromatic nitrogens is 5. The van der Waals surface area contributed by atoms with E-state index in [1.807, 2.05) is 0 Å². The number of esters is 1. The van der Waals surface area contributed by atoms with Gasteiger partial charge in [0.1, 0.15) is 23.2 Å². The number of carbonyl (C=O) groups is 1. The van der Waals surface area contributed by atoms with Crippen molar-refractivity contribution in [2.75, 3.05) is 12.4 Å². The van der Waals surface area contributed by atoms with Crippen molar-refractivity contribution in [1.29, 1.82) is 0 Å². The van der Waals surface area contributed by atoms with Gasteiger partial charge in [-0.1, -0.05) is 11.6 Å². The first-order valence-electron chi connectivity index (χ1n) is 10.1. The number of carbonyl (C=O) groups excluding carboxylic acids is 1. The van der Waals surface area contributed by atoms with Gasteiger partial charge in [-0.15, -0.1) is 0 Å². The summed E-state index contributed by atoms with van der Waals surface area (Å²) in [5.74, 6) is -0.650. The summed E-state index contributed by atoms with van der Waals surface area (Å²) in [6, 6.07) is 5.15. The molecule has 0 saturated carbocycles. The number of halogens is 3. The molecule has 4 rings (SSSR count). The Morgan fingerprint density at radius 3 is 2.91 bits per heavy atom. The van der Waals surface area contributed by atoms with Gasteiger partial charge in [0.2, 0.25) is 0 Å². The van der Waals surface area contributed by atoms with E-state index in [0.717, 1.165) is 0 Å². The second kappa shape index (κ2) is 10.0. The summed E-state index contributed by atoms with van der Waals surface area (Å²) >= 11 is 6.15.